The molecule has 38 heavy (non-hydrogen) atoms. The van der Waals surface area contributed by atoms with Crippen LogP contribution in [0.4, 0.5) is 14.9 Å². The third-order valence-electron chi connectivity index (χ3n) is 7.46. The number of halogens is 1. The van der Waals surface area contributed by atoms with Crippen LogP contribution in [0.1, 0.15) is 36.1 Å². The molecule has 1 saturated heterocycles. The number of nitrogens with zero attached hydrogens (tertiary/aromatic N) is 3. The summed E-state index contributed by atoms with van der Waals surface area (Å²) < 4.78 is 22.0. The molecule has 4 aromatic rings. The Kier molecular flexibility index (Phi) is 6.33. The van der Waals surface area contributed by atoms with Gasteiger partial charge >= 0.3 is 6.16 Å². The highest BCUT2D eigenvalue weighted by molar-refractivity contribution is 5.85. The van der Waals surface area contributed by atoms with Gasteiger partial charge in [0, 0.05) is 32.2 Å². The summed E-state index contributed by atoms with van der Waals surface area (Å²) in [7, 11) is 0. The number of hydrogen-bond donors (Lipinski definition) is 1. The average Bonchev–Trinajstić information content (AvgIpc) is 3.77. The van der Waals surface area contributed by atoms with Gasteiger partial charge in [0.15, 0.2) is 5.75 Å². The molecule has 1 aromatic heterocycles. The zero-order chi connectivity index (χ0) is 26.2. The lowest BCUT2D eigenvalue weighted by Crippen LogP contribution is -2.48. The SMILES string of the molecule is O=C(O)Oc1cn(C2CC2)c2cc(N3CCN(C(c4ccccc4)c4ccccc4)CC3)c(F)cc2c1=O. The molecule has 0 spiro atoms. The molecule has 0 amide bonds. The van der Waals surface area contributed by atoms with Gasteiger partial charge in [-0.2, -0.15) is 0 Å². The molecule has 1 N–H and O–H groups in total. The molecule has 7 nitrogen and oxygen atoms in total. The van der Waals surface area contributed by atoms with Gasteiger partial charge in [0.1, 0.15) is 5.82 Å². The maximum Gasteiger partial charge on any atom is 0.511 e. The predicted molar refractivity (Wildman–Crippen MR) is 144 cm³/mol. The molecule has 0 bridgehead atoms. The summed E-state index contributed by atoms with van der Waals surface area (Å²) in [5.41, 5.74) is 2.87. The van der Waals surface area contributed by atoms with Gasteiger partial charge in [-0.15, -0.1) is 0 Å². The first-order chi connectivity index (χ1) is 18.5. The van der Waals surface area contributed by atoms with Crippen molar-refractivity contribution in [1.29, 1.82) is 0 Å². The third kappa shape index (κ3) is 4.63. The van der Waals surface area contributed by atoms with Crippen molar-refractivity contribution in [2.24, 2.45) is 0 Å². The number of benzene rings is 3. The number of rotatable bonds is 6. The van der Waals surface area contributed by atoms with Crippen LogP contribution in [0.3, 0.4) is 0 Å². The fourth-order valence-corrected chi connectivity index (χ4v) is 5.50. The number of carboxylic acid groups (broad SMARTS) is 1. The van der Waals surface area contributed by atoms with Crippen LogP contribution in [-0.2, 0) is 0 Å². The lowest BCUT2D eigenvalue weighted by Gasteiger charge is -2.40. The Morgan fingerprint density at radius 3 is 2.08 bits per heavy atom. The Bertz CT molecular complexity index is 1490. The van der Waals surface area contributed by atoms with Crippen LogP contribution in [0.5, 0.6) is 5.75 Å². The Hall–Kier alpha value is -4.17. The van der Waals surface area contributed by atoms with E-state index in [1.807, 2.05) is 21.6 Å². The van der Waals surface area contributed by atoms with Crippen molar-refractivity contribution in [3.8, 4) is 5.75 Å². The molecule has 0 unspecified atom stereocenters. The molecule has 194 valence electrons. The van der Waals surface area contributed by atoms with E-state index in [1.54, 1.807) is 6.07 Å². The van der Waals surface area contributed by atoms with E-state index in [9.17, 15) is 9.59 Å². The van der Waals surface area contributed by atoms with Crippen molar-refractivity contribution in [3.63, 3.8) is 0 Å². The van der Waals surface area contributed by atoms with Crippen LogP contribution in [0.25, 0.3) is 10.9 Å². The maximum absolute atomic E-state index is 15.5. The first-order valence-electron chi connectivity index (χ1n) is 12.9. The predicted octanol–water partition coefficient (Wildman–Crippen LogP) is 5.44. The van der Waals surface area contributed by atoms with E-state index in [-0.39, 0.29) is 23.2 Å². The highest BCUT2D eigenvalue weighted by Gasteiger charge is 2.30. The fourth-order valence-electron chi connectivity index (χ4n) is 5.50. The zero-order valence-corrected chi connectivity index (χ0v) is 20.8. The summed E-state index contributed by atoms with van der Waals surface area (Å²) in [5, 5.41) is 9.16. The highest BCUT2D eigenvalue weighted by Crippen LogP contribution is 2.39. The van der Waals surface area contributed by atoms with E-state index in [2.05, 4.69) is 53.4 Å². The lowest BCUT2D eigenvalue weighted by molar-refractivity contribution is 0.143. The second-order valence-corrected chi connectivity index (χ2v) is 9.90. The highest BCUT2D eigenvalue weighted by atomic mass is 19.1. The third-order valence-corrected chi connectivity index (χ3v) is 7.46. The molecule has 6 rings (SSSR count). The number of aromatic nitrogens is 1. The summed E-state index contributed by atoms with van der Waals surface area (Å²) in [4.78, 5) is 28.4. The summed E-state index contributed by atoms with van der Waals surface area (Å²) in [6.45, 7) is 2.75. The Balaban J connectivity index is 1.30. The Morgan fingerprint density at radius 2 is 1.53 bits per heavy atom. The number of pyridine rings is 1. The normalized spacial score (nSPS) is 16.2. The molecule has 3 aromatic carbocycles. The first kappa shape index (κ1) is 24.2. The van der Waals surface area contributed by atoms with Crippen molar-refractivity contribution in [2.75, 3.05) is 31.1 Å². The molecule has 1 saturated carbocycles. The van der Waals surface area contributed by atoms with E-state index in [4.69, 9.17) is 9.84 Å². The molecule has 8 heteroatoms. The quantitative estimate of drug-likeness (QED) is 0.346. The van der Waals surface area contributed by atoms with Gasteiger partial charge < -0.3 is 19.3 Å². The van der Waals surface area contributed by atoms with Crippen LogP contribution in [0.15, 0.2) is 83.8 Å². The largest absolute Gasteiger partial charge is 0.511 e. The van der Waals surface area contributed by atoms with Crippen LogP contribution in [0, 0.1) is 5.82 Å². The first-order valence-corrected chi connectivity index (χ1v) is 12.9. The standard InChI is InChI=1S/C30H28FN3O4/c31-24-17-23-25(34(22-11-12-22)19-27(29(23)35)38-30(36)37)18-26(24)32-13-15-33(16-14-32)28(20-7-3-1-4-8-20)21-9-5-2-6-10-21/h1-10,17-19,22,28H,11-16H2,(H,36,37). The van der Waals surface area contributed by atoms with Crippen molar-refractivity contribution >= 4 is 22.7 Å². The van der Waals surface area contributed by atoms with E-state index >= 15 is 4.39 Å². The molecule has 0 radical (unpaired) electrons. The van der Waals surface area contributed by atoms with Gasteiger partial charge in [-0.25, -0.2) is 9.18 Å². The van der Waals surface area contributed by atoms with Gasteiger partial charge in [-0.1, -0.05) is 60.7 Å². The van der Waals surface area contributed by atoms with Gasteiger partial charge in [-0.05, 0) is 36.1 Å². The van der Waals surface area contributed by atoms with Crippen LogP contribution >= 0.6 is 0 Å². The van der Waals surface area contributed by atoms with Crippen molar-refractivity contribution < 1.29 is 19.0 Å². The van der Waals surface area contributed by atoms with Gasteiger partial charge in [0.2, 0.25) is 5.43 Å². The second kappa shape index (κ2) is 9.95. The number of fused-ring (bicyclic) bond motifs is 1. The second-order valence-electron chi connectivity index (χ2n) is 9.90. The van der Waals surface area contributed by atoms with Gasteiger partial charge in [0.25, 0.3) is 0 Å². The summed E-state index contributed by atoms with van der Waals surface area (Å²) in [5.74, 6) is -0.800. The minimum atomic E-state index is -1.57. The molecular weight excluding hydrogens is 485 g/mol. The number of ether oxygens (including phenoxy) is 1. The molecule has 1 aliphatic carbocycles. The number of carbonyl (C=O) groups is 1. The molecule has 0 atom stereocenters. The maximum atomic E-state index is 15.5. The summed E-state index contributed by atoms with van der Waals surface area (Å²) in [6, 6.07) is 24.0. The van der Waals surface area contributed by atoms with E-state index in [0.29, 0.717) is 24.3 Å². The van der Waals surface area contributed by atoms with Crippen LogP contribution in [-0.4, -0.2) is 46.9 Å². The number of hydrogen-bond acceptors (Lipinski definition) is 5. The van der Waals surface area contributed by atoms with Crippen LogP contribution < -0.4 is 15.1 Å². The fraction of sp³-hybridized carbons (Fsp3) is 0.267. The minimum absolute atomic E-state index is 0.105. The van der Waals surface area contributed by atoms with Gasteiger partial charge in [0.05, 0.1) is 28.8 Å². The van der Waals surface area contributed by atoms with E-state index in [1.165, 1.54) is 23.4 Å². The number of piperazine rings is 1. The molecule has 2 fully saturated rings. The average molecular weight is 514 g/mol. The van der Waals surface area contributed by atoms with E-state index in [0.717, 1.165) is 25.9 Å². The lowest BCUT2D eigenvalue weighted by atomic mass is 9.96. The Morgan fingerprint density at radius 1 is 0.921 bits per heavy atom. The van der Waals surface area contributed by atoms with Crippen LogP contribution in [0.2, 0.25) is 0 Å². The topological polar surface area (TPSA) is 75.0 Å². The summed E-state index contributed by atoms with van der Waals surface area (Å²) in [6.07, 6.45) is 1.70. The zero-order valence-electron chi connectivity index (χ0n) is 20.8. The monoisotopic (exact) mass is 513 g/mol. The van der Waals surface area contributed by atoms with Crippen molar-refractivity contribution in [1.82, 2.24) is 9.47 Å². The smallest absolute Gasteiger partial charge is 0.449 e. The van der Waals surface area contributed by atoms with E-state index < -0.39 is 17.4 Å². The Labute approximate surface area is 219 Å². The summed E-state index contributed by atoms with van der Waals surface area (Å²) >= 11 is 0. The molecular formula is C30H28FN3O4. The van der Waals surface area contributed by atoms with Crippen molar-refractivity contribution in [2.45, 2.75) is 24.9 Å². The number of anilines is 1. The minimum Gasteiger partial charge on any atom is -0.449 e. The molecule has 2 aliphatic rings. The van der Waals surface area contributed by atoms with Crippen molar-refractivity contribution in [3.05, 3.63) is 106 Å². The van der Waals surface area contributed by atoms with Gasteiger partial charge in [-0.3, -0.25) is 9.69 Å². The molecule has 1 aliphatic heterocycles. The molecule has 2 heterocycles.